The minimum atomic E-state index is -4.42. The zero-order valence-electron chi connectivity index (χ0n) is 22.9. The van der Waals surface area contributed by atoms with E-state index in [-0.39, 0.29) is 23.3 Å². The highest BCUT2D eigenvalue weighted by atomic mass is 127. The molecule has 3 aromatic rings. The molecule has 214 valence electrons. The summed E-state index contributed by atoms with van der Waals surface area (Å²) in [6.45, 7) is 10.7. The van der Waals surface area contributed by atoms with Crippen LogP contribution in [0.25, 0.3) is 0 Å². The molecule has 0 aromatic heterocycles. The molecule has 40 heavy (non-hydrogen) atoms. The number of nitrogens with one attached hydrogen (secondary N) is 2. The number of carbonyl (C=O) groups is 2. The first-order valence-corrected chi connectivity index (χ1v) is 18.5. The lowest BCUT2D eigenvalue weighted by atomic mass is 10.1. The first-order chi connectivity index (χ1) is 18.6. The van der Waals surface area contributed by atoms with Gasteiger partial charge in [-0.25, -0.2) is 0 Å². The summed E-state index contributed by atoms with van der Waals surface area (Å²) in [5.74, 6) is 0.733. The van der Waals surface area contributed by atoms with Gasteiger partial charge in [0, 0.05) is 21.1 Å². The fourth-order valence-electron chi connectivity index (χ4n) is 3.70. The van der Waals surface area contributed by atoms with Crippen LogP contribution >= 0.6 is 34.4 Å². The van der Waals surface area contributed by atoms with Crippen molar-refractivity contribution in [3.05, 3.63) is 86.5 Å². The summed E-state index contributed by atoms with van der Waals surface area (Å²) in [5.41, 5.74) is 1.03. The number of aryl methyl sites for hydroxylation is 1. The molecule has 0 radical (unpaired) electrons. The van der Waals surface area contributed by atoms with Crippen LogP contribution in [-0.2, 0) is 6.18 Å². The largest absolute Gasteiger partial charge is 0.457 e. The molecule has 1 unspecified atom stereocenters. The number of thioether (sulfide) groups is 1. The summed E-state index contributed by atoms with van der Waals surface area (Å²) in [4.78, 5) is 26.5. The molecular formula is C29H32F3IN2O3SSi. The van der Waals surface area contributed by atoms with Crippen molar-refractivity contribution in [3.63, 3.8) is 0 Å². The quantitative estimate of drug-likeness (QED) is 0.165. The Morgan fingerprint density at radius 3 is 2.25 bits per heavy atom. The summed E-state index contributed by atoms with van der Waals surface area (Å²) in [5, 5.41) is 7.00. The lowest BCUT2D eigenvalue weighted by Crippen LogP contribution is -2.36. The monoisotopic (exact) mass is 700 g/mol. The van der Waals surface area contributed by atoms with Gasteiger partial charge in [-0.15, -0.1) is 0 Å². The minimum absolute atomic E-state index is 0.0536. The van der Waals surface area contributed by atoms with Crippen molar-refractivity contribution in [2.24, 2.45) is 0 Å². The van der Waals surface area contributed by atoms with Gasteiger partial charge in [-0.1, -0.05) is 25.7 Å². The van der Waals surface area contributed by atoms with Crippen LogP contribution in [0.2, 0.25) is 19.6 Å². The van der Waals surface area contributed by atoms with E-state index < -0.39 is 25.7 Å². The predicted octanol–water partition coefficient (Wildman–Crippen LogP) is 8.39. The van der Waals surface area contributed by atoms with Gasteiger partial charge in [-0.2, -0.15) is 24.9 Å². The number of carbonyl (C=O) groups excluding carboxylic acids is 2. The van der Waals surface area contributed by atoms with E-state index >= 15 is 0 Å². The Labute approximate surface area is 251 Å². The number of halogens is 4. The SMILES string of the molecule is Cc1cc(Oc2ccc(C(F)(F)F)cc2)ccc1NC(=O)c1c(I)cccc1C(=O)NC(C)CSC[Si](C)(C)C. The van der Waals surface area contributed by atoms with Crippen molar-refractivity contribution in [3.8, 4) is 11.5 Å². The summed E-state index contributed by atoms with van der Waals surface area (Å²) < 4.78 is 44.7. The number of hydrogen-bond donors (Lipinski definition) is 2. The Morgan fingerprint density at radius 1 is 1.00 bits per heavy atom. The van der Waals surface area contributed by atoms with Crippen molar-refractivity contribution >= 4 is 59.9 Å². The molecule has 0 bridgehead atoms. The van der Waals surface area contributed by atoms with E-state index in [9.17, 15) is 22.8 Å². The maximum Gasteiger partial charge on any atom is 0.416 e. The lowest BCUT2D eigenvalue weighted by molar-refractivity contribution is -0.137. The molecule has 2 amide bonds. The zero-order chi connectivity index (χ0) is 29.7. The van der Waals surface area contributed by atoms with Crippen LogP contribution in [0, 0.1) is 10.5 Å². The van der Waals surface area contributed by atoms with E-state index in [4.69, 9.17) is 4.74 Å². The van der Waals surface area contributed by atoms with Crippen LogP contribution in [0.5, 0.6) is 11.5 Å². The Hall–Kier alpha value is -2.51. The van der Waals surface area contributed by atoms with E-state index in [1.165, 1.54) is 12.1 Å². The van der Waals surface area contributed by atoms with Crippen molar-refractivity contribution in [1.29, 1.82) is 0 Å². The highest BCUT2D eigenvalue weighted by molar-refractivity contribution is 14.1. The van der Waals surface area contributed by atoms with Gasteiger partial charge in [0.2, 0.25) is 0 Å². The van der Waals surface area contributed by atoms with Crippen molar-refractivity contribution < 1.29 is 27.5 Å². The maximum absolute atomic E-state index is 13.4. The van der Waals surface area contributed by atoms with Gasteiger partial charge in [-0.3, -0.25) is 9.59 Å². The minimum Gasteiger partial charge on any atom is -0.457 e. The Morgan fingerprint density at radius 2 is 1.65 bits per heavy atom. The topological polar surface area (TPSA) is 67.4 Å². The van der Waals surface area contributed by atoms with E-state index in [1.807, 2.05) is 41.3 Å². The maximum atomic E-state index is 13.4. The Bertz CT molecular complexity index is 1360. The van der Waals surface area contributed by atoms with Gasteiger partial charge >= 0.3 is 6.18 Å². The molecule has 0 aliphatic carbocycles. The van der Waals surface area contributed by atoms with Crippen LogP contribution in [0.3, 0.4) is 0 Å². The van der Waals surface area contributed by atoms with Gasteiger partial charge in [0.1, 0.15) is 11.5 Å². The third-order valence-electron chi connectivity index (χ3n) is 5.63. The molecule has 0 aliphatic heterocycles. The van der Waals surface area contributed by atoms with Crippen molar-refractivity contribution in [2.45, 2.75) is 45.7 Å². The number of amides is 2. The molecule has 0 spiro atoms. The molecule has 0 saturated heterocycles. The molecule has 0 saturated carbocycles. The lowest BCUT2D eigenvalue weighted by Gasteiger charge is -2.19. The summed E-state index contributed by atoms with van der Waals surface area (Å²) in [6.07, 6.45) is -4.42. The van der Waals surface area contributed by atoms with Gasteiger partial charge in [0.15, 0.2) is 0 Å². The molecule has 3 rings (SSSR count). The molecule has 1 atom stereocenters. The molecular weight excluding hydrogens is 668 g/mol. The summed E-state index contributed by atoms with van der Waals surface area (Å²) in [7, 11) is -1.18. The first-order valence-electron chi connectivity index (χ1n) is 12.6. The van der Waals surface area contributed by atoms with Crippen LogP contribution in [0.15, 0.2) is 60.7 Å². The second-order valence-electron chi connectivity index (χ2n) is 10.7. The second-order valence-corrected chi connectivity index (χ2v) is 18.8. The average Bonchev–Trinajstić information content (AvgIpc) is 2.84. The van der Waals surface area contributed by atoms with Crippen molar-refractivity contribution in [2.75, 3.05) is 16.4 Å². The fourth-order valence-corrected chi connectivity index (χ4v) is 7.80. The van der Waals surface area contributed by atoms with Crippen molar-refractivity contribution in [1.82, 2.24) is 5.32 Å². The Kier molecular flexibility index (Phi) is 10.7. The molecule has 5 nitrogen and oxygen atoms in total. The van der Waals surface area contributed by atoms with E-state index in [0.29, 0.717) is 26.1 Å². The standard InChI is InChI=1S/C29H32F3IN2O3SSi/c1-18-15-22(38-21-11-9-20(10-12-21)29(30,31)32)13-14-25(18)35-28(37)26-23(7-6-8-24(26)33)27(36)34-19(2)16-39-17-40(3,4)5/h6-15,19H,16-17H2,1-5H3,(H,34,36)(H,35,37). The second kappa shape index (κ2) is 13.4. The number of ether oxygens (including phenoxy) is 1. The zero-order valence-corrected chi connectivity index (χ0v) is 26.9. The number of hydrogen-bond acceptors (Lipinski definition) is 4. The molecule has 2 N–H and O–H groups in total. The highest BCUT2D eigenvalue weighted by Crippen LogP contribution is 2.32. The van der Waals surface area contributed by atoms with Gasteiger partial charge in [0.05, 0.1) is 24.8 Å². The number of benzene rings is 3. The predicted molar refractivity (Wildman–Crippen MR) is 167 cm³/mol. The van der Waals surface area contributed by atoms with E-state index in [0.717, 1.165) is 23.3 Å². The van der Waals surface area contributed by atoms with Gasteiger partial charge < -0.3 is 15.4 Å². The molecule has 3 aromatic carbocycles. The molecule has 0 fully saturated rings. The molecule has 0 heterocycles. The number of rotatable bonds is 10. The van der Waals surface area contributed by atoms with Crippen LogP contribution in [0.1, 0.15) is 38.8 Å². The van der Waals surface area contributed by atoms with Crippen LogP contribution < -0.4 is 15.4 Å². The summed E-state index contributed by atoms with van der Waals surface area (Å²) >= 11 is 3.88. The van der Waals surface area contributed by atoms with Crippen LogP contribution in [-0.4, -0.2) is 37.1 Å². The Balaban J connectivity index is 1.70. The van der Waals surface area contributed by atoms with E-state index in [2.05, 4.69) is 30.3 Å². The summed E-state index contributed by atoms with van der Waals surface area (Å²) in [6, 6.07) is 14.5. The third-order valence-corrected chi connectivity index (χ3v) is 11.5. The number of anilines is 1. The van der Waals surface area contributed by atoms with Gasteiger partial charge in [0.25, 0.3) is 11.8 Å². The van der Waals surface area contributed by atoms with E-state index in [1.54, 1.807) is 43.3 Å². The van der Waals surface area contributed by atoms with Crippen LogP contribution in [0.4, 0.5) is 18.9 Å². The van der Waals surface area contributed by atoms with Gasteiger partial charge in [-0.05, 0) is 102 Å². The first kappa shape index (κ1) is 32.0. The highest BCUT2D eigenvalue weighted by Gasteiger charge is 2.30. The number of alkyl halides is 3. The smallest absolute Gasteiger partial charge is 0.416 e. The molecule has 11 heteroatoms. The fraction of sp³-hybridized carbons (Fsp3) is 0.310. The normalized spacial score (nSPS) is 12.5. The third kappa shape index (κ3) is 9.27. The molecule has 0 aliphatic rings. The average molecular weight is 701 g/mol.